The number of para-hydroxylation sites is 3. The zero-order valence-corrected chi connectivity index (χ0v) is 33.6. The molecule has 0 N–H and O–H groups in total. The number of hydrogen-bond acceptors (Lipinski definition) is 2. The molecule has 0 aliphatic heterocycles. The minimum Gasteiger partial charge on any atom is -0.308 e. The highest BCUT2D eigenvalue weighted by atomic mass is 32.2. The first-order valence-electron chi connectivity index (χ1n) is 20.7. The normalized spacial score (nSPS) is 13.6. The first-order chi connectivity index (χ1) is 29.2. The fourth-order valence-electron chi connectivity index (χ4n) is 9.74. The Labute approximate surface area is 348 Å². The second-order valence-electron chi connectivity index (χ2n) is 16.1. The summed E-state index contributed by atoms with van der Waals surface area (Å²) >= 11 is 1.83. The van der Waals surface area contributed by atoms with Crippen LogP contribution < -0.4 is 4.90 Å². The van der Waals surface area contributed by atoms with Crippen LogP contribution in [-0.2, 0) is 6.42 Å². The molecule has 3 heteroatoms. The van der Waals surface area contributed by atoms with Crippen LogP contribution >= 0.6 is 11.8 Å². The highest BCUT2D eigenvalue weighted by Crippen LogP contribution is 2.47. The Morgan fingerprint density at radius 3 is 1.95 bits per heavy atom. The van der Waals surface area contributed by atoms with Crippen molar-refractivity contribution < 1.29 is 0 Å². The first kappa shape index (κ1) is 34.3. The summed E-state index contributed by atoms with van der Waals surface area (Å²) in [6.07, 6.45) is 8.11. The highest BCUT2D eigenvalue weighted by Gasteiger charge is 2.24. The van der Waals surface area contributed by atoms with Crippen LogP contribution in [0.15, 0.2) is 203 Å². The van der Waals surface area contributed by atoms with Gasteiger partial charge < -0.3 is 9.30 Å². The Balaban J connectivity index is 0.998. The van der Waals surface area contributed by atoms with Crippen molar-refractivity contribution in [2.24, 2.45) is 0 Å². The summed E-state index contributed by atoms with van der Waals surface area (Å²) in [5.41, 5.74) is 19.2. The van der Waals surface area contributed by atoms with Gasteiger partial charge in [0, 0.05) is 42.7 Å². The third kappa shape index (κ3) is 5.56. The van der Waals surface area contributed by atoms with Crippen molar-refractivity contribution in [3.63, 3.8) is 0 Å². The van der Waals surface area contributed by atoms with E-state index in [1.165, 1.54) is 98.8 Å². The third-order valence-corrected chi connectivity index (χ3v) is 13.8. The maximum atomic E-state index is 2.51. The zero-order chi connectivity index (χ0) is 39.0. The predicted molar refractivity (Wildman–Crippen MR) is 251 cm³/mol. The van der Waals surface area contributed by atoms with Crippen molar-refractivity contribution in [3.05, 3.63) is 210 Å². The molecular formula is C56H40N2S. The number of allylic oxidation sites excluding steroid dienone is 4. The number of anilines is 3. The van der Waals surface area contributed by atoms with Gasteiger partial charge in [0.2, 0.25) is 0 Å². The minimum absolute atomic E-state index is 1.09. The summed E-state index contributed by atoms with van der Waals surface area (Å²) in [4.78, 5) is 4.98. The van der Waals surface area contributed by atoms with Crippen molar-refractivity contribution in [2.75, 3.05) is 4.90 Å². The molecule has 0 radical (unpaired) electrons. The molecule has 2 nitrogen and oxygen atoms in total. The molecule has 0 fully saturated rings. The molecule has 0 saturated carbocycles. The molecule has 12 rings (SSSR count). The largest absolute Gasteiger partial charge is 0.308 e. The van der Waals surface area contributed by atoms with Gasteiger partial charge in [-0.15, -0.1) is 0 Å². The van der Waals surface area contributed by atoms with Gasteiger partial charge in [0.05, 0.1) is 22.2 Å². The number of fused-ring (bicyclic) bond motifs is 8. The summed E-state index contributed by atoms with van der Waals surface area (Å²) < 4.78 is 2.51. The van der Waals surface area contributed by atoms with E-state index in [0.29, 0.717) is 0 Å². The average Bonchev–Trinajstić information content (AvgIpc) is 3.95. The molecule has 2 aliphatic carbocycles. The van der Waals surface area contributed by atoms with Gasteiger partial charge in [-0.25, -0.2) is 0 Å². The number of benzene rings is 8. The van der Waals surface area contributed by atoms with E-state index in [4.69, 9.17) is 0 Å². The summed E-state index contributed by atoms with van der Waals surface area (Å²) in [6.45, 7) is 2.20. The summed E-state index contributed by atoms with van der Waals surface area (Å²) in [5.74, 6) is 0. The number of rotatable bonds is 7. The second kappa shape index (κ2) is 13.7. The molecule has 59 heavy (non-hydrogen) atoms. The number of hydrogen-bond donors (Lipinski definition) is 0. The Hall–Kier alpha value is -6.81. The highest BCUT2D eigenvalue weighted by molar-refractivity contribution is 7.99. The van der Waals surface area contributed by atoms with E-state index in [2.05, 4.69) is 204 Å². The van der Waals surface area contributed by atoms with Crippen molar-refractivity contribution >= 4 is 72.5 Å². The van der Waals surface area contributed by atoms with E-state index < -0.39 is 0 Å². The Bertz CT molecular complexity index is 3310. The minimum atomic E-state index is 1.09. The summed E-state index contributed by atoms with van der Waals surface area (Å²) in [6, 6.07) is 65.4. The average molecular weight is 773 g/mol. The van der Waals surface area contributed by atoms with Crippen molar-refractivity contribution in [2.45, 2.75) is 36.0 Å². The molecule has 0 amide bonds. The Morgan fingerprint density at radius 2 is 1.17 bits per heavy atom. The van der Waals surface area contributed by atoms with Crippen LogP contribution in [0.3, 0.4) is 0 Å². The van der Waals surface area contributed by atoms with Gasteiger partial charge in [-0.3, -0.25) is 0 Å². The van der Waals surface area contributed by atoms with Gasteiger partial charge in [0.15, 0.2) is 0 Å². The lowest BCUT2D eigenvalue weighted by molar-refractivity contribution is 0.935. The number of nitrogens with zero attached hydrogens (tertiary/aromatic N) is 2. The Morgan fingerprint density at radius 1 is 0.542 bits per heavy atom. The molecular weight excluding hydrogens is 733 g/mol. The molecule has 2 aliphatic rings. The SMILES string of the molecule is Cc1ccc(-c2ccc(N(c3ccc(-c4ccc5c(c4)C4=C(CCC=C4)C5)cc3)c3cccc4c5cccc6c7ccccc7n(c34)c65)cc2)cc1Sc1ccccc1. The van der Waals surface area contributed by atoms with Crippen LogP contribution in [0.1, 0.15) is 29.5 Å². The van der Waals surface area contributed by atoms with E-state index in [9.17, 15) is 0 Å². The van der Waals surface area contributed by atoms with Crippen LogP contribution in [0, 0.1) is 6.92 Å². The van der Waals surface area contributed by atoms with Crippen molar-refractivity contribution in [1.29, 1.82) is 0 Å². The van der Waals surface area contributed by atoms with Crippen LogP contribution in [0.5, 0.6) is 0 Å². The zero-order valence-electron chi connectivity index (χ0n) is 32.8. The van der Waals surface area contributed by atoms with Gasteiger partial charge in [-0.2, -0.15) is 0 Å². The van der Waals surface area contributed by atoms with Crippen LogP contribution in [0.25, 0.3) is 65.9 Å². The molecule has 2 aromatic heterocycles. The van der Waals surface area contributed by atoms with Crippen molar-refractivity contribution in [3.8, 4) is 22.3 Å². The lowest BCUT2D eigenvalue weighted by Gasteiger charge is -2.27. The molecule has 280 valence electrons. The van der Waals surface area contributed by atoms with Gasteiger partial charge in [-0.1, -0.05) is 145 Å². The second-order valence-corrected chi connectivity index (χ2v) is 17.2. The van der Waals surface area contributed by atoms with Crippen LogP contribution in [0.2, 0.25) is 0 Å². The fraction of sp³-hybridized carbons (Fsp3) is 0.0714. The fourth-order valence-corrected chi connectivity index (χ4v) is 10.7. The van der Waals surface area contributed by atoms with Crippen LogP contribution in [0.4, 0.5) is 17.1 Å². The maximum absolute atomic E-state index is 2.51. The summed E-state index contributed by atoms with van der Waals surface area (Å²) in [7, 11) is 0. The number of aryl methyl sites for hydroxylation is 1. The van der Waals surface area contributed by atoms with E-state index in [1.807, 2.05) is 11.8 Å². The standard InChI is InChI=1S/C56H40N2S/c1-36-21-22-40(35-54(36)59-45-12-3-2-4-13-45)38-27-31-44(32-28-38)57(43-29-25-37(26-30-43)39-23-24-42-33-41-11-5-6-14-46(41)51(42)34-39)53-20-10-18-50-49-17-9-16-48-47-15-7-8-19-52(47)58(55(48)49)56(50)53/h2-4,6-10,12-32,34-35H,5,11,33H2,1H3. The first-order valence-corrected chi connectivity index (χ1v) is 21.5. The smallest absolute Gasteiger partial charge is 0.0782 e. The van der Waals surface area contributed by atoms with Gasteiger partial charge >= 0.3 is 0 Å². The number of aromatic nitrogens is 1. The van der Waals surface area contributed by atoms with Crippen molar-refractivity contribution in [1.82, 2.24) is 4.40 Å². The molecule has 0 saturated heterocycles. The monoisotopic (exact) mass is 772 g/mol. The summed E-state index contributed by atoms with van der Waals surface area (Å²) in [5, 5.41) is 5.13. The molecule has 0 spiro atoms. The molecule has 2 heterocycles. The van der Waals surface area contributed by atoms with E-state index in [0.717, 1.165) is 29.9 Å². The van der Waals surface area contributed by atoms with Gasteiger partial charge in [0.1, 0.15) is 0 Å². The lowest BCUT2D eigenvalue weighted by atomic mass is 9.95. The molecule has 0 unspecified atom stereocenters. The quantitative estimate of drug-likeness (QED) is 0.159. The van der Waals surface area contributed by atoms with E-state index >= 15 is 0 Å². The topological polar surface area (TPSA) is 7.65 Å². The van der Waals surface area contributed by atoms with E-state index in [1.54, 1.807) is 5.57 Å². The predicted octanol–water partition coefficient (Wildman–Crippen LogP) is 15.8. The lowest BCUT2D eigenvalue weighted by Crippen LogP contribution is -2.11. The van der Waals surface area contributed by atoms with Gasteiger partial charge in [-0.05, 0) is 131 Å². The molecule has 10 aromatic rings. The van der Waals surface area contributed by atoms with Crippen LogP contribution in [-0.4, -0.2) is 4.40 Å². The van der Waals surface area contributed by atoms with Gasteiger partial charge in [0.25, 0.3) is 0 Å². The molecule has 0 bridgehead atoms. The molecule has 8 aromatic carbocycles. The Kier molecular flexibility index (Phi) is 7.92. The molecule has 0 atom stereocenters. The third-order valence-electron chi connectivity index (χ3n) is 12.6. The maximum Gasteiger partial charge on any atom is 0.0782 e. The van der Waals surface area contributed by atoms with E-state index in [-0.39, 0.29) is 0 Å².